The van der Waals surface area contributed by atoms with Gasteiger partial charge in [-0.25, -0.2) is 13.7 Å². The van der Waals surface area contributed by atoms with E-state index in [1.165, 1.54) is 31.1 Å². The normalized spacial score (nSPS) is 18.0. The molecular weight excluding hydrogens is 515 g/mol. The first-order valence-electron chi connectivity index (χ1n) is 13.2. The van der Waals surface area contributed by atoms with Crippen LogP contribution in [0.25, 0.3) is 16.9 Å². The van der Waals surface area contributed by atoms with E-state index in [0.29, 0.717) is 22.6 Å². The fourth-order valence-corrected chi connectivity index (χ4v) is 4.58. The predicted octanol–water partition coefficient (Wildman–Crippen LogP) is 3.10. The molecule has 3 aromatic rings. The number of alkyl halides is 1. The predicted molar refractivity (Wildman–Crippen MR) is 149 cm³/mol. The van der Waals surface area contributed by atoms with Gasteiger partial charge in [-0.2, -0.15) is 10.4 Å². The lowest BCUT2D eigenvalue weighted by Gasteiger charge is -2.31. The SMILES string of the molecule is CN(C)C(=O)NC1CCC(Nc2cc(-c3ccc4cc(C#N)cnn34)ncc2C(=O)NCC(F)C(C)(C)O)CC1. The van der Waals surface area contributed by atoms with Crippen LogP contribution in [-0.4, -0.2) is 81.0 Å². The summed E-state index contributed by atoms with van der Waals surface area (Å²) in [6.07, 6.45) is 4.37. The molecule has 1 aliphatic carbocycles. The van der Waals surface area contributed by atoms with Crippen LogP contribution in [0.3, 0.4) is 0 Å². The van der Waals surface area contributed by atoms with E-state index >= 15 is 0 Å². The van der Waals surface area contributed by atoms with Crippen LogP contribution in [0.1, 0.15) is 55.5 Å². The maximum absolute atomic E-state index is 14.3. The Kier molecular flexibility index (Phi) is 8.54. The van der Waals surface area contributed by atoms with Gasteiger partial charge in [0.05, 0.1) is 52.1 Å². The number of nitriles is 1. The van der Waals surface area contributed by atoms with Gasteiger partial charge in [-0.15, -0.1) is 0 Å². The minimum Gasteiger partial charge on any atom is -0.387 e. The van der Waals surface area contributed by atoms with Crippen molar-refractivity contribution in [3.63, 3.8) is 0 Å². The van der Waals surface area contributed by atoms with Gasteiger partial charge in [0.15, 0.2) is 0 Å². The first-order chi connectivity index (χ1) is 19.0. The molecule has 0 bridgehead atoms. The van der Waals surface area contributed by atoms with Crippen molar-refractivity contribution in [2.75, 3.05) is 26.0 Å². The average molecular weight is 551 g/mol. The molecule has 0 aliphatic heterocycles. The Morgan fingerprint density at radius 3 is 2.55 bits per heavy atom. The number of nitrogens with zero attached hydrogens (tertiary/aromatic N) is 5. The molecule has 1 aliphatic rings. The molecule has 0 radical (unpaired) electrons. The lowest BCUT2D eigenvalue weighted by Crippen LogP contribution is -2.44. The van der Waals surface area contributed by atoms with Crippen molar-refractivity contribution >= 4 is 23.1 Å². The van der Waals surface area contributed by atoms with Crippen molar-refractivity contribution in [2.45, 2.75) is 63.4 Å². The van der Waals surface area contributed by atoms with Gasteiger partial charge in [0, 0.05) is 32.4 Å². The molecule has 11 nitrogen and oxygen atoms in total. The Hall–Kier alpha value is -4.24. The summed E-state index contributed by atoms with van der Waals surface area (Å²) in [6.45, 7) is 2.34. The summed E-state index contributed by atoms with van der Waals surface area (Å²) in [6, 6.07) is 9.23. The molecule has 1 saturated carbocycles. The summed E-state index contributed by atoms with van der Waals surface area (Å²) < 4.78 is 16.0. The minimum absolute atomic E-state index is 0.0416. The number of hydrogen-bond donors (Lipinski definition) is 4. The summed E-state index contributed by atoms with van der Waals surface area (Å²) in [5.74, 6) is -0.516. The Labute approximate surface area is 232 Å². The molecule has 4 rings (SSSR count). The summed E-state index contributed by atoms with van der Waals surface area (Å²) in [7, 11) is 3.41. The molecule has 212 valence electrons. The molecule has 3 amide bonds. The van der Waals surface area contributed by atoms with E-state index < -0.39 is 17.7 Å². The second-order valence-electron chi connectivity index (χ2n) is 10.9. The van der Waals surface area contributed by atoms with E-state index in [2.05, 4.69) is 32.1 Å². The van der Waals surface area contributed by atoms with E-state index in [4.69, 9.17) is 0 Å². The van der Waals surface area contributed by atoms with Gasteiger partial charge in [-0.05, 0) is 63.8 Å². The number of rotatable bonds is 8. The van der Waals surface area contributed by atoms with E-state index in [1.54, 1.807) is 30.7 Å². The molecule has 3 heterocycles. The van der Waals surface area contributed by atoms with Gasteiger partial charge >= 0.3 is 6.03 Å². The van der Waals surface area contributed by atoms with E-state index in [0.717, 1.165) is 31.2 Å². The third-order valence-corrected chi connectivity index (χ3v) is 7.07. The second kappa shape index (κ2) is 11.9. The van der Waals surface area contributed by atoms with Gasteiger partial charge in [-0.1, -0.05) is 0 Å². The van der Waals surface area contributed by atoms with Crippen LogP contribution in [0.5, 0.6) is 0 Å². The van der Waals surface area contributed by atoms with Gasteiger partial charge in [0.1, 0.15) is 12.2 Å². The molecule has 1 fully saturated rings. The van der Waals surface area contributed by atoms with Crippen LogP contribution in [0.4, 0.5) is 14.9 Å². The zero-order valence-corrected chi connectivity index (χ0v) is 23.1. The number of aliphatic hydroxyl groups is 1. The highest BCUT2D eigenvalue weighted by molar-refractivity contribution is 6.00. The first kappa shape index (κ1) is 28.8. The van der Waals surface area contributed by atoms with Gasteiger partial charge in [-0.3, -0.25) is 9.78 Å². The van der Waals surface area contributed by atoms with Crippen LogP contribution in [0.2, 0.25) is 0 Å². The summed E-state index contributed by atoms with van der Waals surface area (Å²) in [5.41, 5.74) is 1.59. The van der Waals surface area contributed by atoms with Crippen molar-refractivity contribution in [3.05, 3.63) is 47.8 Å². The molecule has 40 heavy (non-hydrogen) atoms. The molecule has 12 heteroatoms. The highest BCUT2D eigenvalue weighted by Crippen LogP contribution is 2.29. The monoisotopic (exact) mass is 550 g/mol. The van der Waals surface area contributed by atoms with E-state index in [9.17, 15) is 24.3 Å². The van der Waals surface area contributed by atoms with Crippen molar-refractivity contribution in [3.8, 4) is 17.5 Å². The molecule has 1 unspecified atom stereocenters. The lowest BCUT2D eigenvalue weighted by molar-refractivity contribution is -0.00177. The number of carbonyl (C=O) groups excluding carboxylic acids is 2. The fourth-order valence-electron chi connectivity index (χ4n) is 4.58. The maximum atomic E-state index is 14.3. The number of aromatic nitrogens is 3. The number of amides is 3. The Balaban J connectivity index is 1.58. The lowest BCUT2D eigenvalue weighted by atomic mass is 9.91. The maximum Gasteiger partial charge on any atom is 0.317 e. The summed E-state index contributed by atoms with van der Waals surface area (Å²) >= 11 is 0. The molecule has 3 aromatic heterocycles. The van der Waals surface area contributed by atoms with Crippen LogP contribution < -0.4 is 16.0 Å². The highest BCUT2D eigenvalue weighted by Gasteiger charge is 2.28. The number of hydrogen-bond acceptors (Lipinski definition) is 7. The Morgan fingerprint density at radius 1 is 1.20 bits per heavy atom. The van der Waals surface area contributed by atoms with Gasteiger partial charge in [0.25, 0.3) is 5.91 Å². The Morgan fingerprint density at radius 2 is 1.90 bits per heavy atom. The molecule has 4 N–H and O–H groups in total. The number of urea groups is 1. The number of halogens is 1. The van der Waals surface area contributed by atoms with E-state index in [1.807, 2.05) is 12.1 Å². The number of fused-ring (bicyclic) bond motifs is 1. The zero-order valence-electron chi connectivity index (χ0n) is 23.1. The third kappa shape index (κ3) is 6.66. The molecule has 1 atom stereocenters. The third-order valence-electron chi connectivity index (χ3n) is 7.07. The quantitative estimate of drug-likeness (QED) is 0.337. The van der Waals surface area contributed by atoms with Crippen LogP contribution in [-0.2, 0) is 0 Å². The van der Waals surface area contributed by atoms with Crippen LogP contribution >= 0.6 is 0 Å². The second-order valence-corrected chi connectivity index (χ2v) is 10.9. The van der Waals surface area contributed by atoms with Gasteiger partial charge < -0.3 is 26.0 Å². The molecular formula is C28H35FN8O3. The number of pyridine rings is 1. The standard InChI is InChI=1S/C28H35FN8O3/c1-28(2,40)25(29)16-32-26(38)21-15-31-23(24-10-9-20-11-17(13-30)14-33-37(20)24)12-22(21)34-18-5-7-19(8-6-18)35-27(39)36(3)4/h9-12,14-15,18-19,25,40H,5-8,16H2,1-4H3,(H,31,34)(H,32,38)(H,35,39). The van der Waals surface area contributed by atoms with Gasteiger partial charge in [0.2, 0.25) is 0 Å². The molecule has 0 aromatic carbocycles. The largest absolute Gasteiger partial charge is 0.387 e. The zero-order chi connectivity index (χ0) is 29.0. The highest BCUT2D eigenvalue weighted by atomic mass is 19.1. The van der Waals surface area contributed by atoms with E-state index in [-0.39, 0.29) is 30.2 Å². The minimum atomic E-state index is -1.65. The van der Waals surface area contributed by atoms with Crippen LogP contribution in [0, 0.1) is 11.3 Å². The van der Waals surface area contributed by atoms with Crippen molar-refractivity contribution < 1.29 is 19.1 Å². The van der Waals surface area contributed by atoms with Crippen molar-refractivity contribution in [2.24, 2.45) is 0 Å². The number of carbonyl (C=O) groups is 2. The topological polar surface area (TPSA) is 148 Å². The molecule has 0 saturated heterocycles. The fraction of sp³-hybridized carbons (Fsp3) is 0.464. The summed E-state index contributed by atoms with van der Waals surface area (Å²) in [5, 5.41) is 32.5. The number of nitrogens with one attached hydrogen (secondary N) is 3. The van der Waals surface area contributed by atoms with Crippen LogP contribution in [0.15, 0.2) is 36.7 Å². The Bertz CT molecular complexity index is 1420. The first-order valence-corrected chi connectivity index (χ1v) is 13.2. The van der Waals surface area contributed by atoms with Crippen molar-refractivity contribution in [1.29, 1.82) is 5.26 Å². The summed E-state index contributed by atoms with van der Waals surface area (Å²) in [4.78, 5) is 31.2. The van der Waals surface area contributed by atoms with Crippen molar-refractivity contribution in [1.82, 2.24) is 30.1 Å². The number of anilines is 1. The average Bonchev–Trinajstić information content (AvgIpc) is 3.35. The smallest absolute Gasteiger partial charge is 0.317 e. The molecule has 0 spiro atoms.